The van der Waals surface area contributed by atoms with Crippen LogP contribution in [0.5, 0.6) is 11.5 Å². The summed E-state index contributed by atoms with van der Waals surface area (Å²) in [5.41, 5.74) is -1.03. The fraction of sp³-hybridized carbons (Fsp3) is 0.562. The number of carboxylic acids is 1. The van der Waals surface area contributed by atoms with Crippen molar-refractivity contribution in [3.8, 4) is 11.5 Å². The molecule has 0 N–H and O–H groups in total. The Bertz CT molecular complexity index is 500. The number of rotatable bonds is 11. The van der Waals surface area contributed by atoms with Crippen LogP contribution in [-0.4, -0.2) is 31.4 Å². The van der Waals surface area contributed by atoms with Crippen molar-refractivity contribution in [1.82, 2.24) is 0 Å². The van der Waals surface area contributed by atoms with E-state index in [9.17, 15) is 18.7 Å². The predicted molar refractivity (Wildman–Crippen MR) is 75.3 cm³/mol. The summed E-state index contributed by atoms with van der Waals surface area (Å²) in [7, 11) is 0. The van der Waals surface area contributed by atoms with Crippen LogP contribution >= 0.6 is 0 Å². The van der Waals surface area contributed by atoms with Crippen LogP contribution in [0.1, 0.15) is 32.1 Å². The van der Waals surface area contributed by atoms with Crippen LogP contribution in [0.4, 0.5) is 8.78 Å². The van der Waals surface area contributed by atoms with Crippen molar-refractivity contribution in [2.75, 3.05) is 13.2 Å². The second-order valence-corrected chi connectivity index (χ2v) is 5.43. The molecule has 0 aromatic heterocycles. The van der Waals surface area contributed by atoms with Crippen molar-refractivity contribution in [2.45, 2.75) is 44.3 Å². The third-order valence-electron chi connectivity index (χ3n) is 3.66. The molecule has 1 aliphatic rings. The minimum absolute atomic E-state index is 0.0940. The lowest BCUT2D eigenvalue weighted by molar-refractivity contribution is -0.312. The van der Waals surface area contributed by atoms with Gasteiger partial charge in [-0.05, 0) is 37.1 Å². The van der Waals surface area contributed by atoms with Crippen LogP contribution in [-0.2, 0) is 9.53 Å². The molecule has 1 atom stereocenters. The average Bonchev–Trinajstić information content (AvgIpc) is 3.28. The molecule has 0 amide bonds. The molecule has 1 aromatic rings. The molecular weight excluding hydrogens is 310 g/mol. The minimum atomic E-state index is -2.83. The van der Waals surface area contributed by atoms with Gasteiger partial charge in [-0.3, -0.25) is 0 Å². The van der Waals surface area contributed by atoms with Gasteiger partial charge in [-0.25, -0.2) is 0 Å². The minimum Gasteiger partial charge on any atom is -0.547 e. The van der Waals surface area contributed by atoms with E-state index in [2.05, 4.69) is 4.74 Å². The summed E-state index contributed by atoms with van der Waals surface area (Å²) in [6.45, 7) is -2.07. The molecule has 2 rings (SSSR count). The monoisotopic (exact) mass is 329 g/mol. The number of aliphatic carboxylic acids is 1. The maximum Gasteiger partial charge on any atom is 0.387 e. The van der Waals surface area contributed by atoms with Gasteiger partial charge in [-0.1, -0.05) is 19.3 Å². The van der Waals surface area contributed by atoms with Crippen molar-refractivity contribution in [3.05, 3.63) is 24.3 Å². The number of alkyl halides is 2. The van der Waals surface area contributed by atoms with Crippen molar-refractivity contribution in [2.24, 2.45) is 0 Å². The first-order valence-corrected chi connectivity index (χ1v) is 7.55. The molecular formula is C16H19F2O5-. The lowest BCUT2D eigenvalue weighted by Crippen LogP contribution is -2.38. The van der Waals surface area contributed by atoms with Gasteiger partial charge in [0.1, 0.15) is 17.1 Å². The number of hydrogen-bond donors (Lipinski definition) is 0. The number of ether oxygens (including phenoxy) is 3. The van der Waals surface area contributed by atoms with Crippen LogP contribution in [0.3, 0.4) is 0 Å². The fourth-order valence-corrected chi connectivity index (χ4v) is 2.22. The smallest absolute Gasteiger partial charge is 0.387 e. The quantitative estimate of drug-likeness (QED) is 0.459. The molecule has 1 heterocycles. The summed E-state index contributed by atoms with van der Waals surface area (Å²) in [5, 5.41) is 10.8. The Balaban J connectivity index is 1.53. The van der Waals surface area contributed by atoms with Crippen LogP contribution in [0.2, 0.25) is 0 Å². The van der Waals surface area contributed by atoms with E-state index < -0.39 is 18.2 Å². The Labute approximate surface area is 133 Å². The second-order valence-electron chi connectivity index (χ2n) is 5.43. The summed E-state index contributed by atoms with van der Waals surface area (Å²) >= 11 is 0. The zero-order valence-electron chi connectivity index (χ0n) is 12.6. The molecule has 1 unspecified atom stereocenters. The third kappa shape index (κ3) is 5.67. The predicted octanol–water partition coefficient (Wildman–Crippen LogP) is 2.14. The molecule has 1 fully saturated rings. The molecule has 0 aliphatic carbocycles. The van der Waals surface area contributed by atoms with Gasteiger partial charge in [0.05, 0.1) is 19.2 Å². The van der Waals surface area contributed by atoms with Crippen LogP contribution in [0, 0.1) is 0 Å². The zero-order valence-corrected chi connectivity index (χ0v) is 12.6. The number of unbranched alkanes of at least 4 members (excludes halogenated alkanes) is 3. The van der Waals surface area contributed by atoms with Crippen LogP contribution < -0.4 is 14.6 Å². The van der Waals surface area contributed by atoms with Gasteiger partial charge >= 0.3 is 6.61 Å². The van der Waals surface area contributed by atoms with E-state index in [-0.39, 0.29) is 12.4 Å². The zero-order chi connectivity index (χ0) is 16.7. The summed E-state index contributed by atoms with van der Waals surface area (Å²) in [5.74, 6) is -0.439. The van der Waals surface area contributed by atoms with E-state index in [1.807, 2.05) is 0 Å². The molecule has 7 heteroatoms. The molecule has 0 radical (unpaired) electrons. The average molecular weight is 329 g/mol. The molecule has 1 aliphatic heterocycles. The van der Waals surface area contributed by atoms with E-state index in [4.69, 9.17) is 9.47 Å². The summed E-state index contributed by atoms with van der Waals surface area (Å²) in [6, 6.07) is 6.00. The van der Waals surface area contributed by atoms with Gasteiger partial charge in [0, 0.05) is 0 Å². The Morgan fingerprint density at radius 2 is 1.78 bits per heavy atom. The highest BCUT2D eigenvalue weighted by atomic mass is 19.3. The van der Waals surface area contributed by atoms with E-state index in [0.717, 1.165) is 25.7 Å². The van der Waals surface area contributed by atoms with Crippen molar-refractivity contribution >= 4 is 5.97 Å². The van der Waals surface area contributed by atoms with E-state index in [1.165, 1.54) is 12.1 Å². The second kappa shape index (κ2) is 8.10. The maximum absolute atomic E-state index is 12.0. The van der Waals surface area contributed by atoms with Crippen LogP contribution in [0.15, 0.2) is 24.3 Å². The number of carbonyl (C=O) groups is 1. The highest BCUT2D eigenvalue weighted by Crippen LogP contribution is 2.32. The summed E-state index contributed by atoms with van der Waals surface area (Å²) < 4.78 is 38.7. The molecule has 23 heavy (non-hydrogen) atoms. The molecule has 5 nitrogen and oxygen atoms in total. The van der Waals surface area contributed by atoms with Gasteiger partial charge in [-0.2, -0.15) is 8.78 Å². The summed E-state index contributed by atoms with van der Waals surface area (Å²) in [4.78, 5) is 10.8. The highest BCUT2D eigenvalue weighted by molar-refractivity contribution is 5.78. The maximum atomic E-state index is 12.0. The highest BCUT2D eigenvalue weighted by Gasteiger charge is 2.45. The molecule has 1 saturated heterocycles. The Morgan fingerprint density at radius 1 is 1.17 bits per heavy atom. The first kappa shape index (κ1) is 17.5. The lowest BCUT2D eigenvalue weighted by Gasteiger charge is -2.12. The van der Waals surface area contributed by atoms with Crippen molar-refractivity contribution in [3.63, 3.8) is 0 Å². The number of carboxylic acid groups (broad SMARTS) is 1. The molecule has 0 saturated carbocycles. The fourth-order valence-electron chi connectivity index (χ4n) is 2.22. The van der Waals surface area contributed by atoms with Crippen LogP contribution in [0.25, 0.3) is 0 Å². The van der Waals surface area contributed by atoms with Crippen molar-refractivity contribution in [1.29, 1.82) is 0 Å². The van der Waals surface area contributed by atoms with Gasteiger partial charge in [0.2, 0.25) is 0 Å². The van der Waals surface area contributed by atoms with Crippen molar-refractivity contribution < 1.29 is 32.9 Å². The molecule has 128 valence electrons. The Morgan fingerprint density at radius 3 is 2.35 bits per heavy atom. The third-order valence-corrected chi connectivity index (χ3v) is 3.66. The normalized spacial score (nSPS) is 19.6. The lowest BCUT2D eigenvalue weighted by atomic mass is 10.0. The van der Waals surface area contributed by atoms with Gasteiger partial charge in [0.25, 0.3) is 0 Å². The largest absolute Gasteiger partial charge is 0.547 e. The Kier molecular flexibility index (Phi) is 6.15. The van der Waals surface area contributed by atoms with Gasteiger partial charge in [-0.15, -0.1) is 0 Å². The molecule has 1 aromatic carbocycles. The standard InChI is InChI=1S/C16H20F2O5/c17-15(18)23-13-7-5-12(6-8-13)21-10-4-2-1-3-9-16(11-22-16)14(19)20/h5-8,15H,1-4,9-11H2,(H,19,20)/p-1. The molecule has 0 bridgehead atoms. The SMILES string of the molecule is O=C([O-])C1(CCCCCCOc2ccc(OC(F)F)cc2)CO1. The summed E-state index contributed by atoms with van der Waals surface area (Å²) in [6.07, 6.45) is 3.89. The first-order valence-electron chi connectivity index (χ1n) is 7.55. The topological polar surface area (TPSA) is 71.1 Å². The number of hydrogen-bond acceptors (Lipinski definition) is 5. The van der Waals surface area contributed by atoms with E-state index in [1.54, 1.807) is 12.1 Å². The number of carbonyl (C=O) groups excluding carboxylic acids is 1. The molecule has 0 spiro atoms. The van der Waals surface area contributed by atoms with E-state index in [0.29, 0.717) is 18.8 Å². The van der Waals surface area contributed by atoms with Gasteiger partial charge < -0.3 is 24.1 Å². The number of halogens is 2. The van der Waals surface area contributed by atoms with E-state index >= 15 is 0 Å². The Hall–Kier alpha value is -1.89. The first-order chi connectivity index (χ1) is 11.0. The number of epoxide rings is 1. The number of benzene rings is 1. The van der Waals surface area contributed by atoms with Gasteiger partial charge in [0.15, 0.2) is 0 Å².